The molecule has 2 aromatic rings. The predicted molar refractivity (Wildman–Crippen MR) is 83.5 cm³/mol. The molecule has 5 heteroatoms. The molecule has 1 heterocycles. The molecule has 1 aliphatic carbocycles. The molecule has 0 bridgehead atoms. The minimum Gasteiger partial charge on any atom is -0.393 e. The third-order valence-electron chi connectivity index (χ3n) is 4.24. The Morgan fingerprint density at radius 3 is 2.86 bits per heavy atom. The molecule has 0 fully saturated rings. The van der Waals surface area contributed by atoms with Crippen LogP contribution in [0.2, 0.25) is 0 Å². The first kappa shape index (κ1) is 14.8. The Morgan fingerprint density at radius 2 is 2.14 bits per heavy atom. The van der Waals surface area contributed by atoms with Crippen molar-refractivity contribution in [2.75, 3.05) is 7.05 Å². The number of nitrogens with zero attached hydrogens (tertiary/aromatic N) is 3. The average Bonchev–Trinajstić information content (AvgIpc) is 2.84. The van der Waals surface area contributed by atoms with Gasteiger partial charge in [0.15, 0.2) is 5.69 Å². The van der Waals surface area contributed by atoms with E-state index in [4.69, 9.17) is 0 Å². The fraction of sp³-hybridized carbons (Fsp3) is 0.412. The van der Waals surface area contributed by atoms with Crippen LogP contribution in [0.25, 0.3) is 0 Å². The van der Waals surface area contributed by atoms with E-state index < -0.39 is 0 Å². The summed E-state index contributed by atoms with van der Waals surface area (Å²) >= 11 is 0. The van der Waals surface area contributed by atoms with E-state index in [0.29, 0.717) is 18.7 Å². The molecule has 1 N–H and O–H groups in total. The number of aryl methyl sites for hydroxylation is 1. The van der Waals surface area contributed by atoms with E-state index in [1.807, 2.05) is 37.4 Å². The van der Waals surface area contributed by atoms with Gasteiger partial charge in [-0.25, -0.2) is 0 Å². The van der Waals surface area contributed by atoms with E-state index in [-0.39, 0.29) is 12.0 Å². The van der Waals surface area contributed by atoms with Gasteiger partial charge in [-0.1, -0.05) is 30.3 Å². The Kier molecular flexibility index (Phi) is 3.98. The Balaban J connectivity index is 1.83. The van der Waals surface area contributed by atoms with Crippen molar-refractivity contribution in [3.63, 3.8) is 0 Å². The first-order chi connectivity index (χ1) is 10.6. The van der Waals surface area contributed by atoms with Crippen LogP contribution in [-0.2, 0) is 26.4 Å². The van der Waals surface area contributed by atoms with Crippen molar-refractivity contribution in [3.05, 3.63) is 52.8 Å². The van der Waals surface area contributed by atoms with E-state index >= 15 is 0 Å². The number of hydrogen-bond acceptors (Lipinski definition) is 3. The number of amides is 1. The van der Waals surface area contributed by atoms with Crippen LogP contribution >= 0.6 is 0 Å². The topological polar surface area (TPSA) is 58.4 Å². The molecule has 3 rings (SSSR count). The molecule has 0 radical (unpaired) electrons. The van der Waals surface area contributed by atoms with Crippen LogP contribution in [0.15, 0.2) is 30.3 Å². The highest BCUT2D eigenvalue weighted by Crippen LogP contribution is 2.25. The fourth-order valence-corrected chi connectivity index (χ4v) is 3.05. The number of aromatic nitrogens is 2. The second-order valence-electron chi connectivity index (χ2n) is 5.94. The minimum absolute atomic E-state index is 0.0881. The van der Waals surface area contributed by atoms with Crippen LogP contribution in [0, 0.1) is 0 Å². The van der Waals surface area contributed by atoms with Gasteiger partial charge < -0.3 is 10.0 Å². The number of aliphatic hydroxyl groups is 1. The molecular formula is C17H21N3O2. The van der Waals surface area contributed by atoms with Gasteiger partial charge in [0.1, 0.15) is 0 Å². The SMILES string of the molecule is CN(Cc1ccccc1)C(=O)c1nn(C)c2c1CC(O)CC2. The summed E-state index contributed by atoms with van der Waals surface area (Å²) in [6.45, 7) is 0.549. The van der Waals surface area contributed by atoms with Crippen LogP contribution < -0.4 is 0 Å². The van der Waals surface area contributed by atoms with E-state index in [9.17, 15) is 9.90 Å². The number of rotatable bonds is 3. The molecule has 1 aromatic heterocycles. The van der Waals surface area contributed by atoms with E-state index in [1.165, 1.54) is 0 Å². The third kappa shape index (κ3) is 2.76. The summed E-state index contributed by atoms with van der Waals surface area (Å²) in [5.41, 5.74) is 3.55. The summed E-state index contributed by atoms with van der Waals surface area (Å²) in [6.07, 6.45) is 1.65. The summed E-state index contributed by atoms with van der Waals surface area (Å²) in [7, 11) is 3.65. The minimum atomic E-state index is -0.373. The third-order valence-corrected chi connectivity index (χ3v) is 4.24. The van der Waals surface area contributed by atoms with Crippen molar-refractivity contribution in [3.8, 4) is 0 Å². The molecule has 0 spiro atoms. The van der Waals surface area contributed by atoms with E-state index in [1.54, 1.807) is 16.6 Å². The van der Waals surface area contributed by atoms with Crippen molar-refractivity contribution in [1.29, 1.82) is 0 Å². The number of hydrogen-bond donors (Lipinski definition) is 1. The van der Waals surface area contributed by atoms with Gasteiger partial charge in [-0.3, -0.25) is 9.48 Å². The van der Waals surface area contributed by atoms with Crippen LogP contribution in [0.3, 0.4) is 0 Å². The van der Waals surface area contributed by atoms with Crippen molar-refractivity contribution in [1.82, 2.24) is 14.7 Å². The fourth-order valence-electron chi connectivity index (χ4n) is 3.05. The Morgan fingerprint density at radius 1 is 1.41 bits per heavy atom. The van der Waals surface area contributed by atoms with Crippen LogP contribution in [0.4, 0.5) is 0 Å². The summed E-state index contributed by atoms with van der Waals surface area (Å²) in [6, 6.07) is 9.89. The van der Waals surface area contributed by atoms with Crippen molar-refractivity contribution in [2.24, 2.45) is 7.05 Å². The monoisotopic (exact) mass is 299 g/mol. The molecule has 0 saturated carbocycles. The number of carbonyl (C=O) groups excluding carboxylic acids is 1. The van der Waals surface area contributed by atoms with Gasteiger partial charge in [0.05, 0.1) is 6.10 Å². The Labute approximate surface area is 130 Å². The second-order valence-corrected chi connectivity index (χ2v) is 5.94. The Bertz CT molecular complexity index is 679. The highest BCUT2D eigenvalue weighted by atomic mass is 16.3. The molecule has 1 aliphatic rings. The van der Waals surface area contributed by atoms with E-state index in [0.717, 1.165) is 29.7 Å². The van der Waals surface area contributed by atoms with Crippen LogP contribution in [0.1, 0.15) is 33.7 Å². The van der Waals surface area contributed by atoms with Crippen LogP contribution in [-0.4, -0.2) is 38.8 Å². The van der Waals surface area contributed by atoms with Gasteiger partial charge in [0.25, 0.3) is 5.91 Å². The zero-order valence-electron chi connectivity index (χ0n) is 13.0. The van der Waals surface area contributed by atoms with Crippen molar-refractivity contribution < 1.29 is 9.90 Å². The smallest absolute Gasteiger partial charge is 0.274 e. The zero-order chi connectivity index (χ0) is 15.7. The molecular weight excluding hydrogens is 278 g/mol. The number of fused-ring (bicyclic) bond motifs is 1. The normalized spacial score (nSPS) is 17.1. The summed E-state index contributed by atoms with van der Waals surface area (Å²) in [5, 5.41) is 14.3. The molecule has 0 saturated heterocycles. The standard InChI is InChI=1S/C17H21N3O2/c1-19(11-12-6-4-3-5-7-12)17(22)16-14-10-13(21)8-9-15(14)20(2)18-16/h3-7,13,21H,8-11H2,1-2H3. The molecule has 0 aliphatic heterocycles. The molecule has 5 nitrogen and oxygen atoms in total. The highest BCUT2D eigenvalue weighted by molar-refractivity contribution is 5.94. The van der Waals surface area contributed by atoms with Gasteiger partial charge in [-0.05, 0) is 18.4 Å². The van der Waals surface area contributed by atoms with Gasteiger partial charge >= 0.3 is 0 Å². The predicted octanol–water partition coefficient (Wildman–Crippen LogP) is 1.54. The number of aliphatic hydroxyl groups excluding tert-OH is 1. The summed E-state index contributed by atoms with van der Waals surface area (Å²) in [4.78, 5) is 14.4. The Hall–Kier alpha value is -2.14. The first-order valence-corrected chi connectivity index (χ1v) is 7.58. The first-order valence-electron chi connectivity index (χ1n) is 7.58. The molecule has 1 amide bonds. The van der Waals surface area contributed by atoms with Gasteiger partial charge in [-0.2, -0.15) is 5.10 Å². The van der Waals surface area contributed by atoms with Gasteiger partial charge in [0, 0.05) is 38.3 Å². The number of benzene rings is 1. The molecule has 1 aromatic carbocycles. The summed E-state index contributed by atoms with van der Waals surface area (Å²) in [5.74, 6) is -0.0881. The molecule has 1 unspecified atom stereocenters. The molecule has 1 atom stereocenters. The lowest BCUT2D eigenvalue weighted by molar-refractivity contribution is 0.0776. The summed E-state index contributed by atoms with van der Waals surface area (Å²) < 4.78 is 1.78. The van der Waals surface area contributed by atoms with Crippen molar-refractivity contribution in [2.45, 2.75) is 31.9 Å². The van der Waals surface area contributed by atoms with Crippen molar-refractivity contribution >= 4 is 5.91 Å². The number of carbonyl (C=O) groups is 1. The molecule has 116 valence electrons. The van der Waals surface area contributed by atoms with E-state index in [2.05, 4.69) is 5.10 Å². The average molecular weight is 299 g/mol. The quantitative estimate of drug-likeness (QED) is 0.935. The van der Waals surface area contributed by atoms with Gasteiger partial charge in [0.2, 0.25) is 0 Å². The lowest BCUT2D eigenvalue weighted by atomic mass is 9.93. The maximum atomic E-state index is 12.7. The maximum absolute atomic E-state index is 12.7. The molecule has 22 heavy (non-hydrogen) atoms. The lowest BCUT2D eigenvalue weighted by Gasteiger charge is -2.20. The highest BCUT2D eigenvalue weighted by Gasteiger charge is 2.28. The van der Waals surface area contributed by atoms with Gasteiger partial charge in [-0.15, -0.1) is 0 Å². The van der Waals surface area contributed by atoms with Crippen LogP contribution in [0.5, 0.6) is 0 Å². The lowest BCUT2D eigenvalue weighted by Crippen LogP contribution is -2.28. The largest absolute Gasteiger partial charge is 0.393 e. The second kappa shape index (κ2) is 5.93. The zero-order valence-corrected chi connectivity index (χ0v) is 13.0. The maximum Gasteiger partial charge on any atom is 0.274 e.